The molecule has 2 heterocycles. The third kappa shape index (κ3) is 1.62. The lowest BCUT2D eigenvalue weighted by molar-refractivity contribution is 1.23. The van der Waals surface area contributed by atoms with Gasteiger partial charge in [-0.05, 0) is 28.9 Å². The Morgan fingerprint density at radius 3 is 2.85 bits per heavy atom. The topological polar surface area (TPSA) is 41.6 Å². The second-order valence-corrected chi connectivity index (χ2v) is 3.62. The van der Waals surface area contributed by atoms with Gasteiger partial charge in [0.15, 0.2) is 0 Å². The van der Waals surface area contributed by atoms with Gasteiger partial charge in [-0.15, -0.1) is 0 Å². The van der Waals surface area contributed by atoms with Crippen molar-refractivity contribution in [3.05, 3.63) is 34.8 Å². The molecule has 13 heavy (non-hydrogen) atoms. The molecular formula is C9H8BrN3. The van der Waals surface area contributed by atoms with Crippen LogP contribution in [0.3, 0.4) is 0 Å². The summed E-state index contributed by atoms with van der Waals surface area (Å²) in [4.78, 5) is 11.4. The molecular weight excluding hydrogens is 230 g/mol. The number of aryl methyl sites for hydroxylation is 1. The first-order chi connectivity index (χ1) is 6.27. The van der Waals surface area contributed by atoms with Crippen LogP contribution in [0.4, 0.5) is 0 Å². The number of halogens is 1. The normalized spacial score (nSPS) is 10.3. The summed E-state index contributed by atoms with van der Waals surface area (Å²) in [7, 11) is 0. The second kappa shape index (κ2) is 3.30. The van der Waals surface area contributed by atoms with E-state index < -0.39 is 0 Å². The molecule has 1 N–H and O–H groups in total. The third-order valence-electron chi connectivity index (χ3n) is 1.73. The van der Waals surface area contributed by atoms with E-state index in [9.17, 15) is 0 Å². The minimum absolute atomic E-state index is 0.867. The van der Waals surface area contributed by atoms with Crippen LogP contribution >= 0.6 is 15.9 Å². The Bertz CT molecular complexity index is 422. The van der Waals surface area contributed by atoms with E-state index in [1.807, 2.05) is 19.2 Å². The molecule has 0 aromatic carbocycles. The molecule has 0 saturated heterocycles. The fourth-order valence-corrected chi connectivity index (χ4v) is 1.55. The Kier molecular flexibility index (Phi) is 2.14. The molecule has 0 atom stereocenters. The first kappa shape index (κ1) is 8.44. The number of nitrogens with zero attached hydrogens (tertiary/aromatic N) is 2. The van der Waals surface area contributed by atoms with E-state index in [0.717, 1.165) is 21.6 Å². The summed E-state index contributed by atoms with van der Waals surface area (Å²) in [6, 6.07) is 1.92. The highest BCUT2D eigenvalue weighted by atomic mass is 79.9. The predicted molar refractivity (Wildman–Crippen MR) is 54.3 cm³/mol. The van der Waals surface area contributed by atoms with E-state index in [-0.39, 0.29) is 0 Å². The molecule has 0 aliphatic heterocycles. The Morgan fingerprint density at radius 1 is 1.38 bits per heavy atom. The fraction of sp³-hybridized carbons (Fsp3) is 0.111. The molecule has 3 nitrogen and oxygen atoms in total. The van der Waals surface area contributed by atoms with E-state index in [1.165, 1.54) is 0 Å². The lowest BCUT2D eigenvalue weighted by Gasteiger charge is -1.98. The van der Waals surface area contributed by atoms with Crippen LogP contribution in [0.2, 0.25) is 0 Å². The van der Waals surface area contributed by atoms with Gasteiger partial charge in [0.2, 0.25) is 0 Å². The Hall–Kier alpha value is -1.16. The summed E-state index contributed by atoms with van der Waals surface area (Å²) in [5, 5.41) is 0. The molecule has 0 bridgehead atoms. The van der Waals surface area contributed by atoms with Crippen molar-refractivity contribution in [3.63, 3.8) is 0 Å². The molecule has 0 unspecified atom stereocenters. The van der Waals surface area contributed by atoms with Gasteiger partial charge in [-0.2, -0.15) is 0 Å². The van der Waals surface area contributed by atoms with Crippen LogP contribution in [0.25, 0.3) is 11.4 Å². The van der Waals surface area contributed by atoms with Gasteiger partial charge in [0, 0.05) is 34.3 Å². The molecule has 66 valence electrons. The van der Waals surface area contributed by atoms with E-state index in [2.05, 4.69) is 30.9 Å². The number of aromatic nitrogens is 3. The molecule has 0 aliphatic carbocycles. The van der Waals surface area contributed by atoms with Crippen molar-refractivity contribution >= 4 is 15.9 Å². The van der Waals surface area contributed by atoms with Crippen LogP contribution in [-0.2, 0) is 0 Å². The highest BCUT2D eigenvalue weighted by Crippen LogP contribution is 2.23. The van der Waals surface area contributed by atoms with E-state index in [0.29, 0.717) is 0 Å². The number of rotatable bonds is 1. The second-order valence-electron chi connectivity index (χ2n) is 2.77. The number of nitrogens with one attached hydrogen (secondary N) is 1. The standard InChI is InChI=1S/C9H8BrN3/c1-6-4-12-9(13-6)7-2-3-11-5-8(7)10/h2-5H,1H3,(H,12,13). The van der Waals surface area contributed by atoms with Crippen molar-refractivity contribution in [2.45, 2.75) is 6.92 Å². The minimum Gasteiger partial charge on any atom is -0.342 e. The average Bonchev–Trinajstić information content (AvgIpc) is 2.53. The van der Waals surface area contributed by atoms with E-state index in [1.54, 1.807) is 12.4 Å². The highest BCUT2D eigenvalue weighted by molar-refractivity contribution is 9.10. The lowest BCUT2D eigenvalue weighted by Crippen LogP contribution is -1.83. The van der Waals surface area contributed by atoms with Crippen LogP contribution < -0.4 is 0 Å². The van der Waals surface area contributed by atoms with Gasteiger partial charge < -0.3 is 4.98 Å². The maximum atomic E-state index is 4.23. The molecule has 0 saturated carbocycles. The first-order valence-electron chi connectivity index (χ1n) is 3.89. The van der Waals surface area contributed by atoms with Crippen molar-refractivity contribution in [1.82, 2.24) is 15.0 Å². The quantitative estimate of drug-likeness (QED) is 0.829. The molecule has 0 amide bonds. The van der Waals surface area contributed by atoms with Gasteiger partial charge in [-0.3, -0.25) is 4.98 Å². The molecule has 2 rings (SSSR count). The molecule has 2 aromatic rings. The van der Waals surface area contributed by atoms with Gasteiger partial charge in [0.25, 0.3) is 0 Å². The zero-order chi connectivity index (χ0) is 9.26. The number of hydrogen-bond donors (Lipinski definition) is 1. The number of hydrogen-bond acceptors (Lipinski definition) is 2. The maximum Gasteiger partial charge on any atom is 0.138 e. The summed E-state index contributed by atoms with van der Waals surface area (Å²) in [5.74, 6) is 0.867. The maximum absolute atomic E-state index is 4.23. The van der Waals surface area contributed by atoms with Gasteiger partial charge in [-0.1, -0.05) is 0 Å². The van der Waals surface area contributed by atoms with E-state index >= 15 is 0 Å². The molecule has 0 radical (unpaired) electrons. The highest BCUT2D eigenvalue weighted by Gasteiger charge is 2.04. The Balaban J connectivity index is 2.52. The smallest absolute Gasteiger partial charge is 0.138 e. The molecule has 0 spiro atoms. The SMILES string of the molecule is Cc1cnc(-c2ccncc2Br)[nH]1. The summed E-state index contributed by atoms with van der Waals surface area (Å²) in [5.41, 5.74) is 2.09. The summed E-state index contributed by atoms with van der Waals surface area (Å²) < 4.78 is 0.948. The summed E-state index contributed by atoms with van der Waals surface area (Å²) in [6.07, 6.45) is 5.31. The Morgan fingerprint density at radius 2 is 2.23 bits per heavy atom. The zero-order valence-electron chi connectivity index (χ0n) is 7.08. The van der Waals surface area contributed by atoms with Crippen LogP contribution in [0.1, 0.15) is 5.69 Å². The summed E-state index contributed by atoms with van der Waals surface area (Å²) in [6.45, 7) is 1.98. The third-order valence-corrected chi connectivity index (χ3v) is 2.36. The number of pyridine rings is 1. The van der Waals surface area contributed by atoms with Gasteiger partial charge in [0.05, 0.1) is 0 Å². The molecule has 0 aliphatic rings. The average molecular weight is 238 g/mol. The predicted octanol–water partition coefficient (Wildman–Crippen LogP) is 2.54. The molecule has 0 fully saturated rings. The van der Waals surface area contributed by atoms with E-state index in [4.69, 9.17) is 0 Å². The van der Waals surface area contributed by atoms with Gasteiger partial charge >= 0.3 is 0 Å². The van der Waals surface area contributed by atoms with Crippen molar-refractivity contribution < 1.29 is 0 Å². The molecule has 4 heteroatoms. The fourth-order valence-electron chi connectivity index (χ4n) is 1.12. The van der Waals surface area contributed by atoms with Crippen molar-refractivity contribution in [2.24, 2.45) is 0 Å². The number of aromatic amines is 1. The number of imidazole rings is 1. The molecule has 2 aromatic heterocycles. The van der Waals surface area contributed by atoms with Crippen LogP contribution in [0, 0.1) is 6.92 Å². The van der Waals surface area contributed by atoms with Crippen LogP contribution in [-0.4, -0.2) is 15.0 Å². The van der Waals surface area contributed by atoms with Crippen LogP contribution in [0.5, 0.6) is 0 Å². The van der Waals surface area contributed by atoms with Crippen molar-refractivity contribution in [1.29, 1.82) is 0 Å². The summed E-state index contributed by atoms with van der Waals surface area (Å²) >= 11 is 3.42. The largest absolute Gasteiger partial charge is 0.342 e. The monoisotopic (exact) mass is 237 g/mol. The number of H-pyrrole nitrogens is 1. The zero-order valence-corrected chi connectivity index (χ0v) is 8.67. The van der Waals surface area contributed by atoms with Crippen molar-refractivity contribution in [2.75, 3.05) is 0 Å². The lowest BCUT2D eigenvalue weighted by atomic mass is 10.2. The van der Waals surface area contributed by atoms with Crippen LogP contribution in [0.15, 0.2) is 29.1 Å². The minimum atomic E-state index is 0.867. The Labute approximate surface area is 84.4 Å². The van der Waals surface area contributed by atoms with Gasteiger partial charge in [0.1, 0.15) is 5.82 Å². The first-order valence-corrected chi connectivity index (χ1v) is 4.68. The van der Waals surface area contributed by atoms with Gasteiger partial charge in [-0.25, -0.2) is 4.98 Å². The van der Waals surface area contributed by atoms with Crippen molar-refractivity contribution in [3.8, 4) is 11.4 Å².